The fourth-order valence-electron chi connectivity index (χ4n) is 5.76. The van der Waals surface area contributed by atoms with Gasteiger partial charge in [-0.25, -0.2) is 4.79 Å². The molecule has 6 rings (SSSR count). The summed E-state index contributed by atoms with van der Waals surface area (Å²) < 4.78 is 10.5. The number of rotatable bonds is 9. The zero-order valence-corrected chi connectivity index (χ0v) is 28.0. The third-order valence-electron chi connectivity index (χ3n) is 8.45. The Bertz CT molecular complexity index is 2180. The van der Waals surface area contributed by atoms with E-state index in [0.717, 1.165) is 50.2 Å². The average Bonchev–Trinajstić information content (AvgIpc) is 3.14. The summed E-state index contributed by atoms with van der Waals surface area (Å²) in [7, 11) is 0. The van der Waals surface area contributed by atoms with Gasteiger partial charge in [0.1, 0.15) is 5.75 Å². The van der Waals surface area contributed by atoms with Crippen LogP contribution in [0.1, 0.15) is 60.9 Å². The molecule has 0 aliphatic carbocycles. The van der Waals surface area contributed by atoms with Crippen LogP contribution in [0.5, 0.6) is 5.75 Å². The molecular formula is C46H38O3. The van der Waals surface area contributed by atoms with E-state index >= 15 is 0 Å². The SMILES string of the molecule is C=C(C)C(=O)OCOc1ccc(C#Cc2c3ccccc3c(C#Cc3ccc(-c4ccc(CCCCC)cc4)cc3)c3ccccc23)cc1. The van der Waals surface area contributed by atoms with Crippen LogP contribution in [0.2, 0.25) is 0 Å². The zero-order chi connectivity index (χ0) is 34.0. The molecule has 0 aromatic heterocycles. The molecule has 240 valence electrons. The molecule has 0 N–H and O–H groups in total. The molecule has 0 spiro atoms. The summed E-state index contributed by atoms with van der Waals surface area (Å²) in [6.45, 7) is 7.23. The molecule has 0 bridgehead atoms. The van der Waals surface area contributed by atoms with Crippen molar-refractivity contribution in [1.29, 1.82) is 0 Å². The van der Waals surface area contributed by atoms with Gasteiger partial charge < -0.3 is 9.47 Å². The maximum absolute atomic E-state index is 11.6. The number of aryl methyl sites for hydroxylation is 1. The zero-order valence-electron chi connectivity index (χ0n) is 28.0. The van der Waals surface area contributed by atoms with E-state index in [9.17, 15) is 4.79 Å². The van der Waals surface area contributed by atoms with E-state index in [0.29, 0.717) is 11.3 Å². The van der Waals surface area contributed by atoms with Gasteiger partial charge in [-0.15, -0.1) is 0 Å². The van der Waals surface area contributed by atoms with Gasteiger partial charge in [0, 0.05) is 27.8 Å². The van der Waals surface area contributed by atoms with E-state index in [4.69, 9.17) is 9.47 Å². The molecule has 0 unspecified atom stereocenters. The molecule has 3 heteroatoms. The number of unbranched alkanes of at least 4 members (excludes halogenated alkanes) is 2. The summed E-state index contributed by atoms with van der Waals surface area (Å²) in [6, 6.07) is 41.5. The number of ether oxygens (including phenoxy) is 2. The first-order chi connectivity index (χ1) is 24.0. The van der Waals surface area contributed by atoms with Crippen molar-refractivity contribution in [2.75, 3.05) is 6.79 Å². The van der Waals surface area contributed by atoms with Crippen LogP contribution in [0.3, 0.4) is 0 Å². The van der Waals surface area contributed by atoms with Crippen molar-refractivity contribution in [3.8, 4) is 40.6 Å². The van der Waals surface area contributed by atoms with E-state index in [-0.39, 0.29) is 6.79 Å². The number of carbonyl (C=O) groups excluding carboxylic acids is 1. The Hall–Kier alpha value is -6.03. The summed E-state index contributed by atoms with van der Waals surface area (Å²) in [5.41, 5.74) is 7.91. The summed E-state index contributed by atoms with van der Waals surface area (Å²) >= 11 is 0. The Morgan fingerprint density at radius 1 is 0.612 bits per heavy atom. The average molecular weight is 639 g/mol. The molecule has 6 aromatic carbocycles. The Labute approximate surface area is 289 Å². The lowest BCUT2D eigenvalue weighted by Gasteiger charge is -2.10. The van der Waals surface area contributed by atoms with Gasteiger partial charge in [0.05, 0.1) is 0 Å². The number of benzene rings is 6. The highest BCUT2D eigenvalue weighted by Crippen LogP contribution is 2.32. The molecule has 0 saturated heterocycles. The largest absolute Gasteiger partial charge is 0.457 e. The van der Waals surface area contributed by atoms with Crippen molar-refractivity contribution in [2.45, 2.75) is 39.5 Å². The first kappa shape index (κ1) is 32.9. The lowest BCUT2D eigenvalue weighted by molar-refractivity contribution is -0.145. The second-order valence-corrected chi connectivity index (χ2v) is 12.1. The van der Waals surface area contributed by atoms with Gasteiger partial charge in [0.25, 0.3) is 0 Å². The van der Waals surface area contributed by atoms with Crippen molar-refractivity contribution >= 4 is 27.5 Å². The predicted octanol–water partition coefficient (Wildman–Crippen LogP) is 10.6. The summed E-state index contributed by atoms with van der Waals surface area (Å²) in [5.74, 6) is 13.9. The Morgan fingerprint density at radius 3 is 1.55 bits per heavy atom. The summed E-state index contributed by atoms with van der Waals surface area (Å²) in [5, 5.41) is 4.26. The van der Waals surface area contributed by atoms with Crippen LogP contribution < -0.4 is 4.74 Å². The Kier molecular flexibility index (Phi) is 10.5. The van der Waals surface area contributed by atoms with E-state index in [1.165, 1.54) is 36.0 Å². The molecule has 0 saturated carbocycles. The van der Waals surface area contributed by atoms with Crippen molar-refractivity contribution in [1.82, 2.24) is 0 Å². The van der Waals surface area contributed by atoms with E-state index < -0.39 is 5.97 Å². The smallest absolute Gasteiger partial charge is 0.335 e. The van der Waals surface area contributed by atoms with Crippen molar-refractivity contribution in [3.05, 3.63) is 161 Å². The minimum Gasteiger partial charge on any atom is -0.457 e. The van der Waals surface area contributed by atoms with Crippen LogP contribution in [-0.4, -0.2) is 12.8 Å². The maximum atomic E-state index is 11.6. The molecule has 0 fully saturated rings. The highest BCUT2D eigenvalue weighted by Gasteiger charge is 2.11. The lowest BCUT2D eigenvalue weighted by Crippen LogP contribution is -2.10. The third kappa shape index (κ3) is 8.10. The van der Waals surface area contributed by atoms with Crippen LogP contribution in [0.15, 0.2) is 133 Å². The highest BCUT2D eigenvalue weighted by molar-refractivity contribution is 6.09. The van der Waals surface area contributed by atoms with Gasteiger partial charge in [-0.1, -0.05) is 135 Å². The Balaban J connectivity index is 1.25. The first-order valence-corrected chi connectivity index (χ1v) is 16.7. The third-order valence-corrected chi connectivity index (χ3v) is 8.45. The van der Waals surface area contributed by atoms with E-state index in [1.807, 2.05) is 36.4 Å². The quantitative estimate of drug-likeness (QED) is 0.0395. The Morgan fingerprint density at radius 2 is 1.08 bits per heavy atom. The number of hydrogen-bond donors (Lipinski definition) is 0. The van der Waals surface area contributed by atoms with Crippen LogP contribution >= 0.6 is 0 Å². The normalized spacial score (nSPS) is 10.5. The number of fused-ring (bicyclic) bond motifs is 2. The fraction of sp³-hybridized carbons (Fsp3) is 0.152. The summed E-state index contributed by atoms with van der Waals surface area (Å²) in [6.07, 6.45) is 4.91. The van der Waals surface area contributed by atoms with Crippen molar-refractivity contribution in [3.63, 3.8) is 0 Å². The number of esters is 1. The molecule has 0 aliphatic heterocycles. The van der Waals surface area contributed by atoms with Crippen molar-refractivity contribution in [2.24, 2.45) is 0 Å². The molecule has 0 amide bonds. The molecule has 3 nitrogen and oxygen atoms in total. The van der Waals surface area contributed by atoms with Gasteiger partial charge in [0.15, 0.2) is 0 Å². The van der Waals surface area contributed by atoms with Crippen LogP contribution in [0.25, 0.3) is 32.7 Å². The van der Waals surface area contributed by atoms with Crippen LogP contribution in [-0.2, 0) is 16.0 Å². The van der Waals surface area contributed by atoms with Gasteiger partial charge >= 0.3 is 5.97 Å². The molecule has 49 heavy (non-hydrogen) atoms. The number of carbonyl (C=O) groups is 1. The minimum atomic E-state index is -0.484. The van der Waals surface area contributed by atoms with E-state index in [1.54, 1.807) is 6.92 Å². The van der Waals surface area contributed by atoms with Gasteiger partial charge in [0.2, 0.25) is 6.79 Å². The number of hydrogen-bond acceptors (Lipinski definition) is 3. The second kappa shape index (κ2) is 15.7. The first-order valence-electron chi connectivity index (χ1n) is 16.7. The second-order valence-electron chi connectivity index (χ2n) is 12.1. The monoisotopic (exact) mass is 638 g/mol. The standard InChI is InChI=1S/C46H38O3/c1-4-5-6-11-34-16-24-37(25-17-34)38-26-18-35(19-27-38)22-30-44-40-12-7-9-14-42(40)45(43-15-10-8-13-41(43)44)31-23-36-20-28-39(29-21-36)48-32-49-46(47)33(2)3/h7-10,12-21,24-29H,2,4-6,11,32H2,1,3H3. The lowest BCUT2D eigenvalue weighted by atomic mass is 9.91. The highest BCUT2D eigenvalue weighted by atomic mass is 16.7. The molecule has 0 atom stereocenters. The van der Waals surface area contributed by atoms with E-state index in [2.05, 4.69) is 122 Å². The fourth-order valence-corrected chi connectivity index (χ4v) is 5.76. The minimum absolute atomic E-state index is 0.178. The topological polar surface area (TPSA) is 35.5 Å². The molecule has 0 aliphatic rings. The van der Waals surface area contributed by atoms with Gasteiger partial charge in [-0.05, 0) is 94.4 Å². The molecule has 0 heterocycles. The molecular weight excluding hydrogens is 601 g/mol. The van der Waals surface area contributed by atoms with Gasteiger partial charge in [-0.2, -0.15) is 0 Å². The molecule has 0 radical (unpaired) electrons. The van der Waals surface area contributed by atoms with Crippen LogP contribution in [0, 0.1) is 23.7 Å². The maximum Gasteiger partial charge on any atom is 0.335 e. The summed E-state index contributed by atoms with van der Waals surface area (Å²) in [4.78, 5) is 11.6. The molecule has 6 aromatic rings. The van der Waals surface area contributed by atoms with Crippen LogP contribution in [0.4, 0.5) is 0 Å². The predicted molar refractivity (Wildman–Crippen MR) is 201 cm³/mol. The van der Waals surface area contributed by atoms with Gasteiger partial charge in [-0.3, -0.25) is 0 Å². The van der Waals surface area contributed by atoms with Crippen molar-refractivity contribution < 1.29 is 14.3 Å².